The van der Waals surface area contributed by atoms with Gasteiger partial charge >= 0.3 is 0 Å². The summed E-state index contributed by atoms with van der Waals surface area (Å²) in [5.74, 6) is -0.529. The molecule has 0 aliphatic carbocycles. The normalized spacial score (nSPS) is 23.3. The molecule has 5 heteroatoms. The highest BCUT2D eigenvalue weighted by atomic mass is 16.6. The average molecular weight is 127 g/mol. The summed E-state index contributed by atoms with van der Waals surface area (Å²) in [4.78, 5) is 14.6. The van der Waals surface area contributed by atoms with Crippen LogP contribution in [0.1, 0.15) is 0 Å². The summed E-state index contributed by atoms with van der Waals surface area (Å²) in [6.07, 6.45) is 2.69. The summed E-state index contributed by atoms with van der Waals surface area (Å²) in [6.45, 7) is 0. The molecule has 0 fully saturated rings. The van der Waals surface area contributed by atoms with Crippen LogP contribution in [0.2, 0.25) is 0 Å². The molecule has 0 aromatic carbocycles. The largest absolute Gasteiger partial charge is 0.367 e. The molecule has 1 amide bonds. The summed E-state index contributed by atoms with van der Waals surface area (Å²) in [6, 6.07) is -0.654. The predicted octanol–water partition coefficient (Wildman–Crippen LogP) is -0.249. The summed E-state index contributed by atoms with van der Waals surface area (Å²) < 4.78 is 0. The average Bonchev–Trinajstić information content (AvgIpc) is 1.90. The van der Waals surface area contributed by atoms with Crippen LogP contribution in [-0.2, 0) is 9.63 Å². The Morgan fingerprint density at radius 2 is 2.56 bits per heavy atom. The minimum absolute atomic E-state index is 0.529. The molecule has 0 spiro atoms. The van der Waals surface area contributed by atoms with Gasteiger partial charge in [0.05, 0.1) is 0 Å². The molecule has 1 unspecified atom stereocenters. The highest BCUT2D eigenvalue weighted by Gasteiger charge is 2.11. The van der Waals surface area contributed by atoms with Gasteiger partial charge in [0.25, 0.3) is 0 Å². The van der Waals surface area contributed by atoms with Crippen molar-refractivity contribution in [3.63, 3.8) is 0 Å². The van der Waals surface area contributed by atoms with Gasteiger partial charge < -0.3 is 10.6 Å². The Balaban J connectivity index is 2.60. The lowest BCUT2D eigenvalue weighted by atomic mass is 10.3. The summed E-state index contributed by atoms with van der Waals surface area (Å²) >= 11 is 0. The molecule has 2 N–H and O–H groups in total. The van der Waals surface area contributed by atoms with E-state index in [1.54, 1.807) is 0 Å². The van der Waals surface area contributed by atoms with Gasteiger partial charge in [-0.3, -0.25) is 4.79 Å². The molecule has 0 bridgehead atoms. The number of hydrogen-bond donors (Lipinski definition) is 1. The lowest BCUT2D eigenvalue weighted by molar-refractivity contribution is -0.118. The van der Waals surface area contributed by atoms with Crippen LogP contribution in [-0.4, -0.2) is 11.9 Å². The summed E-state index contributed by atoms with van der Waals surface area (Å²) in [5.41, 5.74) is 4.87. The van der Waals surface area contributed by atoms with Gasteiger partial charge in [0, 0.05) is 5.28 Å². The van der Waals surface area contributed by atoms with Crippen molar-refractivity contribution in [3.8, 4) is 0 Å². The molecule has 0 aromatic rings. The van der Waals surface area contributed by atoms with Gasteiger partial charge in [-0.15, -0.1) is 5.11 Å². The first-order valence-corrected chi connectivity index (χ1v) is 2.32. The standard InChI is InChI=1S/C4H5N3O2/c5-4(8)3-1-2-9-7-6-3/h1-3H,(H2,5,8). The van der Waals surface area contributed by atoms with Crippen molar-refractivity contribution in [2.45, 2.75) is 6.04 Å². The van der Waals surface area contributed by atoms with Crippen molar-refractivity contribution in [3.05, 3.63) is 12.3 Å². The molecule has 0 radical (unpaired) electrons. The first kappa shape index (κ1) is 5.74. The Morgan fingerprint density at radius 3 is 2.89 bits per heavy atom. The van der Waals surface area contributed by atoms with Crippen molar-refractivity contribution in [2.75, 3.05) is 0 Å². The molecular weight excluding hydrogens is 122 g/mol. The van der Waals surface area contributed by atoms with Gasteiger partial charge in [-0.2, -0.15) is 0 Å². The minimum Gasteiger partial charge on any atom is -0.367 e. The molecule has 0 saturated heterocycles. The van der Waals surface area contributed by atoms with Gasteiger partial charge in [0.2, 0.25) is 5.91 Å². The van der Waals surface area contributed by atoms with E-state index in [-0.39, 0.29) is 0 Å². The number of rotatable bonds is 1. The second-order valence-corrected chi connectivity index (χ2v) is 1.48. The number of amides is 1. The van der Waals surface area contributed by atoms with Crippen LogP contribution in [0.15, 0.2) is 22.7 Å². The third-order valence-corrected chi connectivity index (χ3v) is 0.832. The van der Waals surface area contributed by atoms with Crippen LogP contribution in [0.4, 0.5) is 0 Å². The number of hydrogen-bond acceptors (Lipinski definition) is 4. The van der Waals surface area contributed by atoms with E-state index in [9.17, 15) is 4.79 Å². The Hall–Kier alpha value is -1.39. The fraction of sp³-hybridized carbons (Fsp3) is 0.250. The summed E-state index contributed by atoms with van der Waals surface area (Å²) in [7, 11) is 0. The van der Waals surface area contributed by atoms with Gasteiger partial charge in [0.1, 0.15) is 6.26 Å². The van der Waals surface area contributed by atoms with Gasteiger partial charge in [-0.05, 0) is 6.08 Å². The van der Waals surface area contributed by atoms with Gasteiger partial charge in [0.15, 0.2) is 6.04 Å². The van der Waals surface area contributed by atoms with Crippen LogP contribution >= 0.6 is 0 Å². The highest BCUT2D eigenvalue weighted by Crippen LogP contribution is 2.00. The van der Waals surface area contributed by atoms with Crippen LogP contribution in [0.5, 0.6) is 0 Å². The first-order chi connectivity index (χ1) is 4.30. The Morgan fingerprint density at radius 1 is 1.78 bits per heavy atom. The van der Waals surface area contributed by atoms with Crippen molar-refractivity contribution >= 4 is 5.91 Å². The van der Waals surface area contributed by atoms with Crippen molar-refractivity contribution in [1.29, 1.82) is 0 Å². The summed E-state index contributed by atoms with van der Waals surface area (Å²) in [5, 5.41) is 6.49. The topological polar surface area (TPSA) is 77.0 Å². The number of primary amides is 1. The fourth-order valence-electron chi connectivity index (χ4n) is 0.405. The molecule has 1 rings (SSSR count). The smallest absolute Gasteiger partial charge is 0.248 e. The van der Waals surface area contributed by atoms with Gasteiger partial charge in [-0.1, -0.05) is 0 Å². The van der Waals surface area contributed by atoms with E-state index in [2.05, 4.69) is 15.2 Å². The Kier molecular flexibility index (Phi) is 1.44. The van der Waals surface area contributed by atoms with Crippen molar-refractivity contribution in [2.24, 2.45) is 16.1 Å². The number of nitrogens with zero attached hydrogens (tertiary/aromatic N) is 2. The van der Waals surface area contributed by atoms with E-state index < -0.39 is 11.9 Å². The second kappa shape index (κ2) is 2.25. The molecule has 1 aliphatic rings. The molecular formula is C4H5N3O2. The van der Waals surface area contributed by atoms with Crippen LogP contribution in [0.25, 0.3) is 0 Å². The third kappa shape index (κ3) is 1.25. The fourth-order valence-corrected chi connectivity index (χ4v) is 0.405. The van der Waals surface area contributed by atoms with Crippen LogP contribution < -0.4 is 5.73 Å². The molecule has 1 heterocycles. The molecule has 48 valence electrons. The molecule has 0 aromatic heterocycles. The van der Waals surface area contributed by atoms with E-state index >= 15 is 0 Å². The molecule has 0 saturated carbocycles. The van der Waals surface area contributed by atoms with E-state index in [0.29, 0.717) is 0 Å². The quantitative estimate of drug-likeness (QED) is 0.527. The highest BCUT2D eigenvalue weighted by molar-refractivity contribution is 5.81. The van der Waals surface area contributed by atoms with E-state index in [1.807, 2.05) is 0 Å². The maximum atomic E-state index is 10.3. The second-order valence-electron chi connectivity index (χ2n) is 1.48. The Labute approximate surface area is 51.2 Å². The molecule has 9 heavy (non-hydrogen) atoms. The SMILES string of the molecule is NC(=O)C1C=CON=N1. The van der Waals surface area contributed by atoms with E-state index in [1.165, 1.54) is 12.3 Å². The maximum absolute atomic E-state index is 10.3. The number of carbonyl (C=O) groups excluding carboxylic acids is 1. The zero-order valence-electron chi connectivity index (χ0n) is 4.52. The lowest BCUT2D eigenvalue weighted by Crippen LogP contribution is -2.25. The van der Waals surface area contributed by atoms with E-state index in [0.717, 1.165) is 0 Å². The van der Waals surface area contributed by atoms with Crippen molar-refractivity contribution in [1.82, 2.24) is 0 Å². The van der Waals surface area contributed by atoms with Gasteiger partial charge in [-0.25, -0.2) is 0 Å². The lowest BCUT2D eigenvalue weighted by Gasteiger charge is -2.01. The number of carbonyl (C=O) groups is 1. The van der Waals surface area contributed by atoms with E-state index in [4.69, 9.17) is 5.73 Å². The van der Waals surface area contributed by atoms with Crippen LogP contribution in [0, 0.1) is 0 Å². The molecule has 1 aliphatic heterocycles. The predicted molar refractivity (Wildman–Crippen MR) is 28.1 cm³/mol. The monoisotopic (exact) mass is 127 g/mol. The zero-order valence-corrected chi connectivity index (χ0v) is 4.52. The van der Waals surface area contributed by atoms with Crippen LogP contribution in [0.3, 0.4) is 0 Å². The molecule has 1 atom stereocenters. The molecule has 5 nitrogen and oxygen atoms in total. The third-order valence-electron chi connectivity index (χ3n) is 0.832. The first-order valence-electron chi connectivity index (χ1n) is 2.32. The number of nitrogens with two attached hydrogens (primary N) is 1. The maximum Gasteiger partial charge on any atom is 0.248 e. The minimum atomic E-state index is -0.654. The zero-order chi connectivity index (χ0) is 6.69. The Bertz CT molecular complexity index is 163. The van der Waals surface area contributed by atoms with Crippen molar-refractivity contribution < 1.29 is 9.63 Å².